The maximum atomic E-state index is 13.7. The van der Waals surface area contributed by atoms with E-state index in [9.17, 15) is 14.0 Å². The number of carbonyl (C=O) groups excluding carboxylic acids is 2. The fourth-order valence-corrected chi connectivity index (χ4v) is 1.59. The van der Waals surface area contributed by atoms with Crippen molar-refractivity contribution >= 4 is 11.8 Å². The molecule has 0 spiro atoms. The summed E-state index contributed by atoms with van der Waals surface area (Å²) < 4.78 is 19.0. The highest BCUT2D eigenvalue weighted by Gasteiger charge is 2.14. The summed E-state index contributed by atoms with van der Waals surface area (Å²) in [6.45, 7) is 0. The lowest BCUT2D eigenvalue weighted by atomic mass is 10.2. The van der Waals surface area contributed by atoms with Crippen LogP contribution in [0.25, 0.3) is 0 Å². The number of hydrogen-bond donors (Lipinski definition) is 3. The minimum atomic E-state index is -0.988. The smallest absolute Gasteiger partial charge is 0.277 e. The molecule has 108 valence electrons. The molecule has 0 aliphatic rings. The van der Waals surface area contributed by atoms with Gasteiger partial charge in [-0.25, -0.2) is 14.9 Å². The minimum absolute atomic E-state index is 0.0393. The number of benzene rings is 1. The van der Waals surface area contributed by atoms with E-state index >= 15 is 0 Å². The highest BCUT2D eigenvalue weighted by Crippen LogP contribution is 2.25. The van der Waals surface area contributed by atoms with E-state index in [0.717, 1.165) is 12.1 Å². The first kappa shape index (κ1) is 14.4. The fraction of sp³-hybridized carbons (Fsp3) is 0. The Balaban J connectivity index is 2.31. The van der Waals surface area contributed by atoms with E-state index < -0.39 is 17.6 Å². The first-order chi connectivity index (χ1) is 10.0. The summed E-state index contributed by atoms with van der Waals surface area (Å²) in [7, 11) is 0. The van der Waals surface area contributed by atoms with Crippen LogP contribution in [0.5, 0.6) is 11.5 Å². The molecule has 2 amide bonds. The van der Waals surface area contributed by atoms with Crippen LogP contribution in [-0.4, -0.2) is 22.0 Å². The van der Waals surface area contributed by atoms with Gasteiger partial charge >= 0.3 is 0 Å². The van der Waals surface area contributed by atoms with Crippen molar-refractivity contribution in [2.45, 2.75) is 0 Å². The maximum absolute atomic E-state index is 13.7. The number of aromatic nitrogens is 1. The van der Waals surface area contributed by atoms with Crippen LogP contribution in [0.2, 0.25) is 0 Å². The van der Waals surface area contributed by atoms with Gasteiger partial charge in [0, 0.05) is 12.3 Å². The van der Waals surface area contributed by atoms with Gasteiger partial charge in [0.25, 0.3) is 11.8 Å². The number of ether oxygens (including phenoxy) is 1. The zero-order valence-electron chi connectivity index (χ0n) is 10.5. The molecule has 0 saturated carbocycles. The number of hydrogen-bond acceptors (Lipinski definition) is 5. The fourth-order valence-electron chi connectivity index (χ4n) is 1.59. The van der Waals surface area contributed by atoms with Crippen molar-refractivity contribution in [2.24, 2.45) is 5.73 Å². The summed E-state index contributed by atoms with van der Waals surface area (Å²) in [5.74, 6) is -2.58. The first-order valence-electron chi connectivity index (χ1n) is 5.69. The SMILES string of the molecule is NC(=O)c1ncccc1Oc1ccc(C(=O)NO)c(F)c1. The molecule has 1 heterocycles. The second-order valence-electron chi connectivity index (χ2n) is 3.90. The topological polar surface area (TPSA) is 115 Å². The van der Waals surface area contributed by atoms with E-state index in [0.29, 0.717) is 0 Å². The Bertz CT molecular complexity index is 706. The molecule has 1 aromatic carbocycles. The Kier molecular flexibility index (Phi) is 4.10. The van der Waals surface area contributed by atoms with Crippen LogP contribution in [0.4, 0.5) is 4.39 Å². The molecule has 2 aromatic rings. The highest BCUT2D eigenvalue weighted by atomic mass is 19.1. The van der Waals surface area contributed by atoms with Gasteiger partial charge in [-0.15, -0.1) is 0 Å². The van der Waals surface area contributed by atoms with Crippen molar-refractivity contribution in [3.05, 3.63) is 53.6 Å². The molecule has 8 heteroatoms. The molecule has 0 saturated heterocycles. The van der Waals surface area contributed by atoms with Crippen molar-refractivity contribution < 1.29 is 23.9 Å². The molecule has 0 aliphatic heterocycles. The van der Waals surface area contributed by atoms with Gasteiger partial charge in [0.2, 0.25) is 0 Å². The van der Waals surface area contributed by atoms with Crippen LogP contribution in [0, 0.1) is 5.82 Å². The van der Waals surface area contributed by atoms with Gasteiger partial charge in [-0.3, -0.25) is 14.8 Å². The van der Waals surface area contributed by atoms with Crippen LogP contribution in [-0.2, 0) is 0 Å². The van der Waals surface area contributed by atoms with Crippen molar-refractivity contribution in [3.63, 3.8) is 0 Å². The predicted octanol–water partition coefficient (Wildman–Crippen LogP) is 1.23. The summed E-state index contributed by atoms with van der Waals surface area (Å²) in [4.78, 5) is 26.1. The number of rotatable bonds is 4. The maximum Gasteiger partial charge on any atom is 0.277 e. The molecule has 0 bridgehead atoms. The van der Waals surface area contributed by atoms with Crippen LogP contribution >= 0.6 is 0 Å². The van der Waals surface area contributed by atoms with E-state index in [1.54, 1.807) is 0 Å². The number of nitrogens with one attached hydrogen (secondary N) is 1. The Labute approximate surface area is 118 Å². The number of hydroxylamine groups is 1. The second-order valence-corrected chi connectivity index (χ2v) is 3.90. The molecule has 2 rings (SSSR count). The molecular formula is C13H10FN3O4. The van der Waals surface area contributed by atoms with Gasteiger partial charge < -0.3 is 10.5 Å². The van der Waals surface area contributed by atoms with E-state index in [1.165, 1.54) is 29.9 Å². The minimum Gasteiger partial charge on any atom is -0.455 e. The van der Waals surface area contributed by atoms with Crippen molar-refractivity contribution in [1.29, 1.82) is 0 Å². The molecule has 0 unspecified atom stereocenters. The summed E-state index contributed by atoms with van der Waals surface area (Å²) in [6, 6.07) is 6.31. The van der Waals surface area contributed by atoms with Crippen molar-refractivity contribution in [1.82, 2.24) is 10.5 Å². The third-order valence-electron chi connectivity index (χ3n) is 2.52. The Hall–Kier alpha value is -3.00. The standard InChI is InChI=1S/C13H10FN3O4/c14-9-6-7(3-4-8(9)13(19)17-20)21-10-2-1-5-16-11(10)12(15)18/h1-6,20H,(H2,15,18)(H,17,19). The predicted molar refractivity (Wildman–Crippen MR) is 68.5 cm³/mol. The van der Waals surface area contributed by atoms with Crippen LogP contribution in [0.1, 0.15) is 20.8 Å². The quantitative estimate of drug-likeness (QED) is 0.579. The number of amides is 2. The average molecular weight is 291 g/mol. The molecule has 0 atom stereocenters. The van der Waals surface area contributed by atoms with E-state index in [-0.39, 0.29) is 22.8 Å². The number of carbonyl (C=O) groups is 2. The van der Waals surface area contributed by atoms with E-state index in [4.69, 9.17) is 15.7 Å². The molecular weight excluding hydrogens is 281 g/mol. The summed E-state index contributed by atoms with van der Waals surface area (Å²) in [6.07, 6.45) is 1.36. The first-order valence-corrected chi connectivity index (χ1v) is 5.69. The third-order valence-corrected chi connectivity index (χ3v) is 2.52. The van der Waals surface area contributed by atoms with Gasteiger partial charge in [-0.2, -0.15) is 0 Å². The summed E-state index contributed by atoms with van der Waals surface area (Å²) in [5.41, 5.74) is 6.01. The molecule has 7 nitrogen and oxygen atoms in total. The molecule has 1 aromatic heterocycles. The Morgan fingerprint density at radius 2 is 2.10 bits per heavy atom. The Morgan fingerprint density at radius 1 is 1.33 bits per heavy atom. The summed E-state index contributed by atoms with van der Waals surface area (Å²) >= 11 is 0. The number of pyridine rings is 1. The number of primary amides is 1. The Morgan fingerprint density at radius 3 is 2.71 bits per heavy atom. The molecule has 0 radical (unpaired) electrons. The molecule has 21 heavy (non-hydrogen) atoms. The molecule has 0 fully saturated rings. The zero-order chi connectivity index (χ0) is 15.4. The average Bonchev–Trinajstić information content (AvgIpc) is 2.47. The lowest BCUT2D eigenvalue weighted by Gasteiger charge is -2.09. The van der Waals surface area contributed by atoms with Crippen LogP contribution in [0.3, 0.4) is 0 Å². The highest BCUT2D eigenvalue weighted by molar-refractivity contribution is 5.94. The summed E-state index contributed by atoms with van der Waals surface area (Å²) in [5, 5.41) is 8.46. The molecule has 4 N–H and O–H groups in total. The monoisotopic (exact) mass is 291 g/mol. The normalized spacial score (nSPS) is 10.0. The third kappa shape index (κ3) is 3.12. The van der Waals surface area contributed by atoms with Gasteiger partial charge in [0.05, 0.1) is 5.56 Å². The van der Waals surface area contributed by atoms with Gasteiger partial charge in [0.1, 0.15) is 11.6 Å². The lowest BCUT2D eigenvalue weighted by Crippen LogP contribution is -2.19. The van der Waals surface area contributed by atoms with Gasteiger partial charge in [0.15, 0.2) is 11.4 Å². The van der Waals surface area contributed by atoms with Crippen molar-refractivity contribution in [3.8, 4) is 11.5 Å². The van der Waals surface area contributed by atoms with Crippen LogP contribution < -0.4 is 16.0 Å². The van der Waals surface area contributed by atoms with Gasteiger partial charge in [-0.1, -0.05) is 0 Å². The van der Waals surface area contributed by atoms with Crippen LogP contribution in [0.15, 0.2) is 36.5 Å². The zero-order valence-corrected chi connectivity index (χ0v) is 10.5. The lowest BCUT2D eigenvalue weighted by molar-refractivity contribution is 0.0701. The van der Waals surface area contributed by atoms with Crippen molar-refractivity contribution in [2.75, 3.05) is 0 Å². The largest absolute Gasteiger partial charge is 0.455 e. The van der Waals surface area contributed by atoms with E-state index in [2.05, 4.69) is 4.98 Å². The number of halogens is 1. The van der Waals surface area contributed by atoms with E-state index in [1.807, 2.05) is 0 Å². The van der Waals surface area contributed by atoms with Gasteiger partial charge in [-0.05, 0) is 24.3 Å². The second kappa shape index (κ2) is 5.97. The number of nitrogens with zero attached hydrogens (tertiary/aromatic N) is 1. The number of nitrogens with two attached hydrogens (primary N) is 1. The molecule has 0 aliphatic carbocycles.